The number of carbonyl (C=O) groups excluding carboxylic acids is 1. The number of nitrogens with zero attached hydrogens (tertiary/aromatic N) is 3. The molecule has 154 valence electrons. The lowest BCUT2D eigenvalue weighted by Crippen LogP contribution is -2.36. The van der Waals surface area contributed by atoms with Crippen LogP contribution < -0.4 is 15.5 Å². The molecule has 5 rings (SSSR count). The Morgan fingerprint density at radius 1 is 1.07 bits per heavy atom. The van der Waals surface area contributed by atoms with Crippen molar-refractivity contribution in [1.29, 1.82) is 0 Å². The Balaban J connectivity index is 1.31. The highest BCUT2D eigenvalue weighted by molar-refractivity contribution is 6.04. The molecule has 0 aliphatic carbocycles. The molecule has 1 aromatic heterocycles. The van der Waals surface area contributed by atoms with E-state index in [1.165, 1.54) is 11.3 Å². The van der Waals surface area contributed by atoms with Gasteiger partial charge in [0.25, 0.3) is 5.91 Å². The topological polar surface area (TPSA) is 71.4 Å². The van der Waals surface area contributed by atoms with Gasteiger partial charge < -0.3 is 20.3 Å². The zero-order chi connectivity index (χ0) is 20.3. The van der Waals surface area contributed by atoms with E-state index in [1.807, 2.05) is 59.4 Å². The van der Waals surface area contributed by atoms with E-state index in [9.17, 15) is 4.79 Å². The van der Waals surface area contributed by atoms with Crippen molar-refractivity contribution in [2.24, 2.45) is 0 Å². The van der Waals surface area contributed by atoms with E-state index in [0.717, 1.165) is 62.9 Å². The Morgan fingerprint density at radius 2 is 1.90 bits per heavy atom. The number of ether oxygens (including phenoxy) is 1. The van der Waals surface area contributed by atoms with Gasteiger partial charge in [-0.15, -0.1) is 0 Å². The summed E-state index contributed by atoms with van der Waals surface area (Å²) in [4.78, 5) is 15.1. The van der Waals surface area contributed by atoms with Crippen molar-refractivity contribution in [3.63, 3.8) is 0 Å². The van der Waals surface area contributed by atoms with Crippen LogP contribution in [0.2, 0.25) is 0 Å². The molecule has 3 heterocycles. The Kier molecular flexibility index (Phi) is 5.21. The first-order valence-corrected chi connectivity index (χ1v) is 10.4. The monoisotopic (exact) mass is 403 g/mol. The fourth-order valence-corrected chi connectivity index (χ4v) is 4.03. The summed E-state index contributed by atoms with van der Waals surface area (Å²) in [7, 11) is 0. The SMILES string of the molecule is O=C(Nc1ccc(N2CCOCC2)cc1)c1cccc(-n2ncc3c2CCNC3)c1. The summed E-state index contributed by atoms with van der Waals surface area (Å²) in [6, 6.07) is 15.6. The van der Waals surface area contributed by atoms with Gasteiger partial charge in [0.1, 0.15) is 0 Å². The van der Waals surface area contributed by atoms with Crippen LogP contribution in [0.4, 0.5) is 11.4 Å². The molecule has 7 nitrogen and oxygen atoms in total. The summed E-state index contributed by atoms with van der Waals surface area (Å²) in [5, 5.41) is 10.9. The average Bonchev–Trinajstić information content (AvgIpc) is 3.24. The van der Waals surface area contributed by atoms with Crippen molar-refractivity contribution < 1.29 is 9.53 Å². The third kappa shape index (κ3) is 3.81. The first kappa shape index (κ1) is 18.8. The van der Waals surface area contributed by atoms with Gasteiger partial charge in [0, 0.05) is 60.8 Å². The van der Waals surface area contributed by atoms with Crippen LogP contribution in [-0.4, -0.2) is 48.5 Å². The number of carbonyl (C=O) groups is 1. The minimum Gasteiger partial charge on any atom is -0.378 e. The number of fused-ring (bicyclic) bond motifs is 1. The van der Waals surface area contributed by atoms with E-state index < -0.39 is 0 Å². The fourth-order valence-electron chi connectivity index (χ4n) is 4.03. The third-order valence-electron chi connectivity index (χ3n) is 5.66. The average molecular weight is 403 g/mol. The van der Waals surface area contributed by atoms with Gasteiger partial charge in [-0.25, -0.2) is 4.68 Å². The molecule has 0 atom stereocenters. The Labute approximate surface area is 175 Å². The lowest BCUT2D eigenvalue weighted by Gasteiger charge is -2.28. The first-order chi connectivity index (χ1) is 14.8. The summed E-state index contributed by atoms with van der Waals surface area (Å²) < 4.78 is 7.35. The van der Waals surface area contributed by atoms with E-state index in [0.29, 0.717) is 5.56 Å². The zero-order valence-electron chi connectivity index (χ0n) is 16.8. The van der Waals surface area contributed by atoms with Gasteiger partial charge in [0.05, 0.1) is 25.1 Å². The van der Waals surface area contributed by atoms with Gasteiger partial charge >= 0.3 is 0 Å². The van der Waals surface area contributed by atoms with E-state index in [2.05, 4.69) is 20.6 Å². The predicted octanol–water partition coefficient (Wildman–Crippen LogP) is 2.61. The third-order valence-corrected chi connectivity index (χ3v) is 5.66. The van der Waals surface area contributed by atoms with Crippen LogP contribution in [0.1, 0.15) is 21.6 Å². The smallest absolute Gasteiger partial charge is 0.255 e. The van der Waals surface area contributed by atoms with Gasteiger partial charge in [0.2, 0.25) is 0 Å². The normalized spacial score (nSPS) is 16.2. The Bertz CT molecular complexity index is 1040. The summed E-state index contributed by atoms with van der Waals surface area (Å²) in [6.45, 7) is 5.09. The molecule has 1 amide bonds. The fraction of sp³-hybridized carbons (Fsp3) is 0.304. The van der Waals surface area contributed by atoms with Crippen molar-refractivity contribution in [2.75, 3.05) is 43.1 Å². The summed E-state index contributed by atoms with van der Waals surface area (Å²) in [5.41, 5.74) is 5.89. The van der Waals surface area contributed by atoms with Crippen molar-refractivity contribution >= 4 is 17.3 Å². The molecule has 2 N–H and O–H groups in total. The predicted molar refractivity (Wildman–Crippen MR) is 116 cm³/mol. The molecule has 2 aliphatic heterocycles. The number of rotatable bonds is 4. The number of benzene rings is 2. The maximum atomic E-state index is 12.8. The molecule has 0 saturated carbocycles. The molecule has 7 heteroatoms. The Morgan fingerprint density at radius 3 is 2.73 bits per heavy atom. The highest BCUT2D eigenvalue weighted by atomic mass is 16.5. The number of morpholine rings is 1. The second-order valence-electron chi connectivity index (χ2n) is 7.61. The zero-order valence-corrected chi connectivity index (χ0v) is 16.8. The number of anilines is 2. The molecule has 0 bridgehead atoms. The molecule has 0 radical (unpaired) electrons. The molecule has 3 aromatic rings. The van der Waals surface area contributed by atoms with Crippen LogP contribution in [0.15, 0.2) is 54.7 Å². The number of hydrogen-bond acceptors (Lipinski definition) is 5. The van der Waals surface area contributed by atoms with Gasteiger partial charge in [0.15, 0.2) is 0 Å². The maximum absolute atomic E-state index is 12.8. The van der Waals surface area contributed by atoms with Crippen molar-refractivity contribution in [3.8, 4) is 5.69 Å². The van der Waals surface area contributed by atoms with Crippen LogP contribution in [0.5, 0.6) is 0 Å². The van der Waals surface area contributed by atoms with Gasteiger partial charge in [-0.2, -0.15) is 5.10 Å². The minimum atomic E-state index is -0.126. The van der Waals surface area contributed by atoms with Crippen LogP contribution in [0.3, 0.4) is 0 Å². The number of amides is 1. The summed E-state index contributed by atoms with van der Waals surface area (Å²) in [6.07, 6.45) is 2.84. The quantitative estimate of drug-likeness (QED) is 0.701. The lowest BCUT2D eigenvalue weighted by atomic mass is 10.1. The van der Waals surface area contributed by atoms with Gasteiger partial charge in [-0.3, -0.25) is 4.79 Å². The van der Waals surface area contributed by atoms with E-state index >= 15 is 0 Å². The minimum absolute atomic E-state index is 0.126. The number of nitrogens with one attached hydrogen (secondary N) is 2. The second-order valence-corrected chi connectivity index (χ2v) is 7.61. The molecular weight excluding hydrogens is 378 g/mol. The highest BCUT2D eigenvalue weighted by Crippen LogP contribution is 2.21. The summed E-state index contributed by atoms with van der Waals surface area (Å²) in [5.74, 6) is -0.126. The molecule has 1 saturated heterocycles. The second kappa shape index (κ2) is 8.30. The number of hydrogen-bond donors (Lipinski definition) is 2. The number of aromatic nitrogens is 2. The standard InChI is InChI=1S/C23H25N5O2/c29-23(26-19-4-6-20(7-5-19)27-10-12-30-13-11-27)17-2-1-3-21(14-17)28-22-8-9-24-15-18(22)16-25-28/h1-7,14,16,24H,8-13,15H2,(H,26,29). The molecule has 0 spiro atoms. The summed E-state index contributed by atoms with van der Waals surface area (Å²) >= 11 is 0. The Hall–Kier alpha value is -3.16. The van der Waals surface area contributed by atoms with Gasteiger partial charge in [-0.05, 0) is 42.5 Å². The van der Waals surface area contributed by atoms with Crippen molar-refractivity contribution in [2.45, 2.75) is 13.0 Å². The molecular formula is C23H25N5O2. The molecule has 30 heavy (non-hydrogen) atoms. The molecule has 2 aliphatic rings. The van der Waals surface area contributed by atoms with E-state index in [4.69, 9.17) is 4.74 Å². The van der Waals surface area contributed by atoms with E-state index in [-0.39, 0.29) is 5.91 Å². The van der Waals surface area contributed by atoms with Crippen molar-refractivity contribution in [1.82, 2.24) is 15.1 Å². The van der Waals surface area contributed by atoms with Crippen LogP contribution in [0.25, 0.3) is 5.69 Å². The van der Waals surface area contributed by atoms with Crippen LogP contribution >= 0.6 is 0 Å². The largest absolute Gasteiger partial charge is 0.378 e. The maximum Gasteiger partial charge on any atom is 0.255 e. The molecule has 2 aromatic carbocycles. The molecule has 1 fully saturated rings. The molecule has 0 unspecified atom stereocenters. The van der Waals surface area contributed by atoms with Crippen molar-refractivity contribution in [3.05, 3.63) is 71.5 Å². The lowest BCUT2D eigenvalue weighted by molar-refractivity contribution is 0.102. The van der Waals surface area contributed by atoms with Crippen LogP contribution in [-0.2, 0) is 17.7 Å². The van der Waals surface area contributed by atoms with Gasteiger partial charge in [-0.1, -0.05) is 6.07 Å². The highest BCUT2D eigenvalue weighted by Gasteiger charge is 2.17. The first-order valence-electron chi connectivity index (χ1n) is 10.4. The van der Waals surface area contributed by atoms with Crippen LogP contribution in [0, 0.1) is 0 Å². The van der Waals surface area contributed by atoms with E-state index in [1.54, 1.807) is 0 Å².